The Hall–Kier alpha value is -5.55. The van der Waals surface area contributed by atoms with Crippen LogP contribution in [0.15, 0.2) is 47.5 Å². The lowest BCUT2D eigenvalue weighted by Gasteiger charge is -2.29. The number of esters is 1. The summed E-state index contributed by atoms with van der Waals surface area (Å²) in [6, 6.07) is 7.56. The molecular weight excluding hydrogens is 756 g/mol. The fourth-order valence-corrected chi connectivity index (χ4v) is 5.90. The van der Waals surface area contributed by atoms with Gasteiger partial charge in [0.25, 0.3) is 5.91 Å². The van der Waals surface area contributed by atoms with Crippen molar-refractivity contribution in [2.45, 2.75) is 105 Å². The number of benzene rings is 2. The van der Waals surface area contributed by atoms with Crippen LogP contribution in [0.3, 0.4) is 0 Å². The number of rotatable bonds is 15. The van der Waals surface area contributed by atoms with Gasteiger partial charge < -0.3 is 31.2 Å². The number of alkyl carbamates (subject to hydrolysis) is 1. The summed E-state index contributed by atoms with van der Waals surface area (Å²) in [5, 5.41) is 7.45. The Bertz CT molecular complexity index is 1860. The monoisotopic (exact) mass is 806 g/mol. The van der Waals surface area contributed by atoms with Crippen molar-refractivity contribution in [3.63, 3.8) is 0 Å². The lowest BCUT2D eigenvalue weighted by molar-refractivity contribution is -0.150. The number of para-hydroxylation sites is 1. The number of carbonyl (C=O) groups is 6. The molecule has 312 valence electrons. The second kappa shape index (κ2) is 19.1. The summed E-state index contributed by atoms with van der Waals surface area (Å²) in [4.78, 5) is 84.8. The third kappa shape index (κ3) is 13.3. The van der Waals surface area contributed by atoms with Gasteiger partial charge in [-0.3, -0.25) is 24.1 Å². The number of amides is 5. The molecule has 14 nitrogen and oxygen atoms in total. The number of hydrogen-bond donors (Lipinski definition) is 4. The zero-order valence-corrected chi connectivity index (χ0v) is 33.1. The molecule has 1 aliphatic rings. The van der Waals surface area contributed by atoms with Crippen LogP contribution in [0.4, 0.5) is 28.0 Å². The van der Waals surface area contributed by atoms with Gasteiger partial charge in [-0.25, -0.2) is 19.0 Å². The first-order valence-electron chi connectivity index (χ1n) is 18.3. The van der Waals surface area contributed by atoms with Crippen LogP contribution in [0, 0.1) is 30.5 Å². The van der Waals surface area contributed by atoms with E-state index in [4.69, 9.17) is 15.2 Å². The lowest BCUT2D eigenvalue weighted by atomic mass is 9.97. The summed E-state index contributed by atoms with van der Waals surface area (Å²) in [7, 11) is 0. The van der Waals surface area contributed by atoms with E-state index in [0.29, 0.717) is 5.56 Å². The molecule has 5 amide bonds. The summed E-state index contributed by atoms with van der Waals surface area (Å²) >= 11 is 0. The molecule has 0 saturated heterocycles. The van der Waals surface area contributed by atoms with Gasteiger partial charge in [0.2, 0.25) is 23.9 Å². The Morgan fingerprint density at radius 3 is 2.12 bits per heavy atom. The highest BCUT2D eigenvalue weighted by Gasteiger charge is 2.39. The Kier molecular flexibility index (Phi) is 15.3. The van der Waals surface area contributed by atoms with E-state index in [0.717, 1.165) is 11.0 Å². The third-order valence-corrected chi connectivity index (χ3v) is 8.67. The molecule has 18 heteroatoms. The summed E-state index contributed by atoms with van der Waals surface area (Å²) in [6.45, 7) is 12.4. The van der Waals surface area contributed by atoms with Crippen LogP contribution in [0.1, 0.15) is 84.4 Å². The SMILES string of the molecule is Cc1cccc2c1N(COC(=O)C(NC(=O)C(NC(=O)OC(C)(C)C)C(C)C)C(C)C)C(=O)C(NC(=O)C(CCC(F)(F)F)CC(N)=O)N=C2c1cccc(F)c1. The number of halogens is 4. The molecule has 0 aromatic heterocycles. The first-order chi connectivity index (χ1) is 26.4. The predicted octanol–water partition coefficient (Wildman–Crippen LogP) is 4.79. The number of ether oxygens (including phenoxy) is 2. The van der Waals surface area contributed by atoms with Gasteiger partial charge in [-0.05, 0) is 63.6 Å². The molecule has 4 unspecified atom stereocenters. The molecule has 0 radical (unpaired) electrons. The van der Waals surface area contributed by atoms with Crippen molar-refractivity contribution in [1.29, 1.82) is 0 Å². The lowest BCUT2D eigenvalue weighted by Crippen LogP contribution is -2.56. The standard InChI is InChI=1S/C39H50F4N6O8/c1-20(2)28(47-37(55)57-38(6,7)8)34(52)46-29(21(3)4)36(54)56-19-49-31-22(5)11-9-14-26(31)30(23-12-10-13-25(40)17-23)45-32(35(49)53)48-33(51)24(18-27(44)50)15-16-39(41,42)43/h9-14,17,20-21,24,28-29,32H,15-16,18-19H2,1-8H3,(H2,44,50)(H,46,52)(H,47,55)(H,48,51). The van der Waals surface area contributed by atoms with Crippen molar-refractivity contribution < 1.29 is 55.8 Å². The van der Waals surface area contributed by atoms with Gasteiger partial charge >= 0.3 is 18.2 Å². The van der Waals surface area contributed by atoms with Crippen LogP contribution >= 0.6 is 0 Å². The maximum atomic E-state index is 14.6. The molecule has 0 aliphatic carbocycles. The van der Waals surface area contributed by atoms with Crippen LogP contribution in [0.25, 0.3) is 0 Å². The predicted molar refractivity (Wildman–Crippen MR) is 201 cm³/mol. The second-order valence-electron chi connectivity index (χ2n) is 15.3. The van der Waals surface area contributed by atoms with E-state index in [1.807, 2.05) is 0 Å². The average Bonchev–Trinajstić information content (AvgIpc) is 3.19. The Balaban J connectivity index is 2.02. The van der Waals surface area contributed by atoms with E-state index in [2.05, 4.69) is 20.9 Å². The quantitative estimate of drug-likeness (QED) is 0.146. The molecule has 2 aromatic carbocycles. The molecule has 1 heterocycles. The minimum Gasteiger partial charge on any atom is -0.444 e. The number of carbonyl (C=O) groups excluding carboxylic acids is 6. The molecule has 0 bridgehead atoms. The number of alkyl halides is 3. The molecule has 0 spiro atoms. The maximum Gasteiger partial charge on any atom is 0.408 e. The number of nitrogens with two attached hydrogens (primary N) is 1. The van der Waals surface area contributed by atoms with E-state index < -0.39 is 115 Å². The van der Waals surface area contributed by atoms with Crippen molar-refractivity contribution in [2.24, 2.45) is 28.5 Å². The average molecular weight is 807 g/mol. The maximum absolute atomic E-state index is 14.6. The van der Waals surface area contributed by atoms with E-state index in [1.54, 1.807) is 73.6 Å². The highest BCUT2D eigenvalue weighted by molar-refractivity contribution is 6.20. The first-order valence-corrected chi connectivity index (χ1v) is 18.3. The van der Waals surface area contributed by atoms with Crippen LogP contribution in [-0.2, 0) is 33.4 Å². The number of hydrogen-bond acceptors (Lipinski definition) is 9. The van der Waals surface area contributed by atoms with Crippen LogP contribution < -0.4 is 26.6 Å². The molecule has 2 aromatic rings. The normalized spacial score (nSPS) is 16.1. The topological polar surface area (TPSA) is 199 Å². The summed E-state index contributed by atoms with van der Waals surface area (Å²) < 4.78 is 65.0. The van der Waals surface area contributed by atoms with Crippen molar-refractivity contribution in [1.82, 2.24) is 16.0 Å². The molecule has 3 rings (SSSR count). The fraction of sp³-hybridized carbons (Fsp3) is 0.513. The Morgan fingerprint density at radius 1 is 0.930 bits per heavy atom. The number of anilines is 1. The minimum atomic E-state index is -4.67. The van der Waals surface area contributed by atoms with E-state index in [-0.39, 0.29) is 22.5 Å². The molecule has 0 saturated carbocycles. The van der Waals surface area contributed by atoms with Crippen LogP contribution in [0.2, 0.25) is 0 Å². The molecular formula is C39H50F4N6O8. The van der Waals surface area contributed by atoms with Gasteiger partial charge in [0, 0.05) is 29.9 Å². The molecule has 0 fully saturated rings. The van der Waals surface area contributed by atoms with Gasteiger partial charge in [-0.2, -0.15) is 13.2 Å². The fourth-order valence-electron chi connectivity index (χ4n) is 5.90. The first kappa shape index (κ1) is 45.8. The number of benzodiazepines with no additional fused rings is 1. The van der Waals surface area contributed by atoms with E-state index in [9.17, 15) is 46.3 Å². The number of nitrogens with zero attached hydrogens (tertiary/aromatic N) is 2. The number of aryl methyl sites for hydroxylation is 1. The van der Waals surface area contributed by atoms with E-state index in [1.165, 1.54) is 18.2 Å². The number of primary amides is 1. The van der Waals surface area contributed by atoms with Crippen molar-refractivity contribution in [3.05, 3.63) is 65.0 Å². The number of aliphatic imine (C=N–C) groups is 1. The highest BCUT2D eigenvalue weighted by atomic mass is 19.4. The van der Waals surface area contributed by atoms with Gasteiger partial charge in [0.1, 0.15) is 23.5 Å². The number of nitrogens with one attached hydrogen (secondary N) is 3. The largest absolute Gasteiger partial charge is 0.444 e. The number of fused-ring (bicyclic) bond motifs is 1. The summed E-state index contributed by atoms with van der Waals surface area (Å²) in [5.74, 6) is -8.17. The smallest absolute Gasteiger partial charge is 0.408 e. The Morgan fingerprint density at radius 2 is 1.56 bits per heavy atom. The van der Waals surface area contributed by atoms with Crippen molar-refractivity contribution in [2.75, 3.05) is 11.6 Å². The van der Waals surface area contributed by atoms with Crippen LogP contribution in [-0.4, -0.2) is 78.2 Å². The van der Waals surface area contributed by atoms with Gasteiger partial charge in [-0.15, -0.1) is 0 Å². The second-order valence-corrected chi connectivity index (χ2v) is 15.3. The van der Waals surface area contributed by atoms with Crippen molar-refractivity contribution >= 4 is 47.1 Å². The Labute approximate surface area is 328 Å². The highest BCUT2D eigenvalue weighted by Crippen LogP contribution is 2.32. The zero-order valence-electron chi connectivity index (χ0n) is 33.1. The van der Waals surface area contributed by atoms with Crippen LogP contribution in [0.5, 0.6) is 0 Å². The molecule has 57 heavy (non-hydrogen) atoms. The minimum absolute atomic E-state index is 0.00644. The third-order valence-electron chi connectivity index (χ3n) is 8.67. The van der Waals surface area contributed by atoms with E-state index >= 15 is 0 Å². The van der Waals surface area contributed by atoms with Crippen molar-refractivity contribution in [3.8, 4) is 0 Å². The van der Waals surface area contributed by atoms with Gasteiger partial charge in [0.15, 0.2) is 6.73 Å². The summed E-state index contributed by atoms with van der Waals surface area (Å²) in [5.41, 5.74) is 5.41. The van der Waals surface area contributed by atoms with Gasteiger partial charge in [-0.1, -0.05) is 58.0 Å². The molecule has 5 N–H and O–H groups in total. The van der Waals surface area contributed by atoms with Gasteiger partial charge in [0.05, 0.1) is 11.4 Å². The molecule has 4 atom stereocenters. The zero-order chi connectivity index (χ0) is 43.0. The molecule has 1 aliphatic heterocycles. The summed E-state index contributed by atoms with van der Waals surface area (Å²) in [6.07, 6.45) is -10.4.